The molecule has 2 aromatic carbocycles. The van der Waals surface area contributed by atoms with E-state index in [9.17, 15) is 9.59 Å². The molecule has 1 unspecified atom stereocenters. The number of methoxy groups -OCH3 is 2. The minimum atomic E-state index is -0.610. The van der Waals surface area contributed by atoms with E-state index in [4.69, 9.17) is 14.2 Å². The smallest absolute Gasteiger partial charge is 0.419 e. The summed E-state index contributed by atoms with van der Waals surface area (Å²) < 4.78 is 18.1. The number of hydrogen-bond donors (Lipinski definition) is 0. The number of nitrogens with zero attached hydrogens (tertiary/aromatic N) is 4. The molecule has 9 heteroatoms. The first-order chi connectivity index (χ1) is 20.1. The lowest BCUT2D eigenvalue weighted by atomic mass is 9.84. The van der Waals surface area contributed by atoms with Gasteiger partial charge in [-0.25, -0.2) is 9.59 Å². The van der Waals surface area contributed by atoms with Gasteiger partial charge in [-0.2, -0.15) is 10.2 Å². The lowest BCUT2D eigenvalue weighted by Crippen LogP contribution is -2.36. The molecule has 2 aromatic heterocycles. The first-order valence-electron chi connectivity index (χ1n) is 14.2. The Labute approximate surface area is 246 Å². The van der Waals surface area contributed by atoms with Crippen molar-refractivity contribution in [2.24, 2.45) is 0 Å². The van der Waals surface area contributed by atoms with Crippen molar-refractivity contribution in [1.29, 1.82) is 0 Å². The number of aryl methyl sites for hydroxylation is 1. The maximum absolute atomic E-state index is 13.1. The molecule has 5 rings (SSSR count). The van der Waals surface area contributed by atoms with Crippen molar-refractivity contribution >= 4 is 23.0 Å². The summed E-state index contributed by atoms with van der Waals surface area (Å²) in [6.45, 7) is 8.99. The molecule has 0 radical (unpaired) electrons. The molecule has 1 fully saturated rings. The zero-order chi connectivity index (χ0) is 30.0. The van der Waals surface area contributed by atoms with Crippen LogP contribution >= 0.6 is 0 Å². The number of aromatic nitrogens is 3. The van der Waals surface area contributed by atoms with Crippen molar-refractivity contribution in [3.63, 3.8) is 0 Å². The van der Waals surface area contributed by atoms with Gasteiger partial charge in [0.2, 0.25) is 0 Å². The second-order valence-corrected chi connectivity index (χ2v) is 11.8. The average Bonchev–Trinajstić information content (AvgIpc) is 3.44. The molecule has 9 nitrogen and oxygen atoms in total. The van der Waals surface area contributed by atoms with E-state index in [-0.39, 0.29) is 17.9 Å². The molecule has 0 spiro atoms. The molecule has 0 amide bonds. The van der Waals surface area contributed by atoms with E-state index >= 15 is 0 Å². The Kier molecular flexibility index (Phi) is 8.31. The van der Waals surface area contributed by atoms with Gasteiger partial charge in [-0.15, -0.1) is 0 Å². The highest BCUT2D eigenvalue weighted by atomic mass is 16.6. The normalized spacial score (nSPS) is 17.7. The maximum atomic E-state index is 13.1. The van der Waals surface area contributed by atoms with E-state index in [1.54, 1.807) is 24.1 Å². The molecule has 42 heavy (non-hydrogen) atoms. The SMILES string of the molecule is COC(=O)c1ccc([C@@H]2CC(c3cccnn3)CCN2Cc2c(OC)cc(C)c3c2ccn3C(=O)OC(C)(C)C)cc1. The Hall–Kier alpha value is -4.24. The van der Waals surface area contributed by atoms with Gasteiger partial charge in [0.25, 0.3) is 0 Å². The van der Waals surface area contributed by atoms with Crippen molar-refractivity contribution in [3.8, 4) is 5.75 Å². The van der Waals surface area contributed by atoms with Crippen molar-refractivity contribution in [1.82, 2.24) is 19.7 Å². The lowest BCUT2D eigenvalue weighted by molar-refractivity contribution is 0.0542. The Morgan fingerprint density at radius 2 is 1.83 bits per heavy atom. The third-order valence-corrected chi connectivity index (χ3v) is 7.84. The van der Waals surface area contributed by atoms with Crippen molar-refractivity contribution < 1.29 is 23.8 Å². The van der Waals surface area contributed by atoms with Gasteiger partial charge in [-0.1, -0.05) is 12.1 Å². The molecular weight excluding hydrogens is 532 g/mol. The van der Waals surface area contributed by atoms with Crippen LogP contribution in [-0.4, -0.2) is 58.1 Å². The lowest BCUT2D eigenvalue weighted by Gasteiger charge is -2.40. The molecule has 3 heterocycles. The maximum Gasteiger partial charge on any atom is 0.419 e. The molecule has 0 aliphatic carbocycles. The summed E-state index contributed by atoms with van der Waals surface area (Å²) in [4.78, 5) is 27.6. The predicted molar refractivity (Wildman–Crippen MR) is 160 cm³/mol. The fourth-order valence-corrected chi connectivity index (χ4v) is 5.88. The Morgan fingerprint density at radius 1 is 1.07 bits per heavy atom. The van der Waals surface area contributed by atoms with E-state index in [1.807, 2.05) is 76.2 Å². The number of piperidine rings is 1. The summed E-state index contributed by atoms with van der Waals surface area (Å²) in [5.41, 5.74) is 4.74. The van der Waals surface area contributed by atoms with Crippen LogP contribution in [0.3, 0.4) is 0 Å². The van der Waals surface area contributed by atoms with Crippen LogP contribution in [0.5, 0.6) is 5.75 Å². The van der Waals surface area contributed by atoms with E-state index in [0.29, 0.717) is 12.1 Å². The minimum Gasteiger partial charge on any atom is -0.496 e. The number of benzene rings is 2. The quantitative estimate of drug-likeness (QED) is 0.245. The number of ether oxygens (including phenoxy) is 3. The van der Waals surface area contributed by atoms with Crippen LogP contribution in [-0.2, 0) is 16.0 Å². The van der Waals surface area contributed by atoms with Gasteiger partial charge >= 0.3 is 12.1 Å². The molecule has 0 N–H and O–H groups in total. The van der Waals surface area contributed by atoms with E-state index in [0.717, 1.165) is 58.4 Å². The topological polar surface area (TPSA) is 95.8 Å². The molecule has 0 saturated carbocycles. The zero-order valence-corrected chi connectivity index (χ0v) is 25.1. The van der Waals surface area contributed by atoms with Crippen LogP contribution in [0.25, 0.3) is 10.9 Å². The third kappa shape index (κ3) is 6.01. The Balaban J connectivity index is 1.53. The van der Waals surface area contributed by atoms with Gasteiger partial charge in [-0.3, -0.25) is 9.47 Å². The molecular formula is C33H38N4O5. The number of carbonyl (C=O) groups excluding carboxylic acids is 2. The van der Waals surface area contributed by atoms with Crippen LogP contribution in [0.4, 0.5) is 4.79 Å². The summed E-state index contributed by atoms with van der Waals surface area (Å²) in [7, 11) is 3.06. The highest BCUT2D eigenvalue weighted by molar-refractivity contribution is 5.95. The van der Waals surface area contributed by atoms with Crippen LogP contribution in [0, 0.1) is 6.92 Å². The fourth-order valence-electron chi connectivity index (χ4n) is 5.88. The highest BCUT2D eigenvalue weighted by Gasteiger charge is 2.33. The molecule has 4 aromatic rings. The number of hydrogen-bond acceptors (Lipinski definition) is 8. The van der Waals surface area contributed by atoms with Gasteiger partial charge in [-0.05, 0) is 94.6 Å². The number of fused-ring (bicyclic) bond motifs is 1. The number of rotatable bonds is 6. The standard InChI is InChI=1S/C33H38N4O5/c1-21-18-29(40-5)26(25-14-17-37(30(21)25)32(39)42-33(2,3)4)20-36-16-13-24(27-8-7-15-34-35-27)19-28(36)22-9-11-23(12-10-22)31(38)41-6/h7-12,14-15,17-18,24,28H,13,16,19-20H2,1-6H3/t24?,28-/m0/s1. The van der Waals surface area contributed by atoms with Gasteiger partial charge in [0, 0.05) is 41.8 Å². The van der Waals surface area contributed by atoms with Gasteiger partial charge in [0.05, 0.1) is 31.0 Å². The number of esters is 1. The summed E-state index contributed by atoms with van der Waals surface area (Å²) >= 11 is 0. The first kappa shape index (κ1) is 29.3. The molecule has 220 valence electrons. The summed E-state index contributed by atoms with van der Waals surface area (Å²) in [5, 5.41) is 9.48. The molecule has 1 aliphatic rings. The summed E-state index contributed by atoms with van der Waals surface area (Å²) in [6, 6.07) is 15.6. The van der Waals surface area contributed by atoms with E-state index in [2.05, 4.69) is 15.1 Å². The van der Waals surface area contributed by atoms with Crippen LogP contribution in [0.1, 0.15) is 78.3 Å². The molecule has 0 bridgehead atoms. The van der Waals surface area contributed by atoms with Gasteiger partial charge in [0.1, 0.15) is 11.4 Å². The third-order valence-electron chi connectivity index (χ3n) is 7.84. The van der Waals surface area contributed by atoms with Crippen molar-refractivity contribution in [3.05, 3.63) is 88.9 Å². The molecule has 1 saturated heterocycles. The minimum absolute atomic E-state index is 0.0476. The highest BCUT2D eigenvalue weighted by Crippen LogP contribution is 2.42. The molecule has 1 aliphatic heterocycles. The summed E-state index contributed by atoms with van der Waals surface area (Å²) in [5.74, 6) is 0.659. The fraction of sp³-hybridized carbons (Fsp3) is 0.394. The first-order valence-corrected chi connectivity index (χ1v) is 14.2. The van der Waals surface area contributed by atoms with Gasteiger partial charge in [0.15, 0.2) is 0 Å². The van der Waals surface area contributed by atoms with Crippen molar-refractivity contribution in [2.75, 3.05) is 20.8 Å². The van der Waals surface area contributed by atoms with E-state index < -0.39 is 11.7 Å². The van der Waals surface area contributed by atoms with Crippen LogP contribution in [0.15, 0.2) is 60.9 Å². The largest absolute Gasteiger partial charge is 0.496 e. The van der Waals surface area contributed by atoms with Crippen LogP contribution < -0.4 is 4.74 Å². The molecule has 2 atom stereocenters. The Morgan fingerprint density at radius 3 is 2.48 bits per heavy atom. The van der Waals surface area contributed by atoms with Crippen LogP contribution in [0.2, 0.25) is 0 Å². The second-order valence-electron chi connectivity index (χ2n) is 11.8. The predicted octanol–water partition coefficient (Wildman–Crippen LogP) is 6.44. The second kappa shape index (κ2) is 11.9. The van der Waals surface area contributed by atoms with Crippen molar-refractivity contribution in [2.45, 2.75) is 64.6 Å². The van der Waals surface area contributed by atoms with E-state index in [1.165, 1.54) is 7.11 Å². The average molecular weight is 571 g/mol. The number of likely N-dealkylation sites (tertiary alicyclic amines) is 1. The Bertz CT molecular complexity index is 1570. The monoisotopic (exact) mass is 570 g/mol. The zero-order valence-electron chi connectivity index (χ0n) is 25.1. The summed E-state index contributed by atoms with van der Waals surface area (Å²) in [6.07, 6.45) is 4.82. The number of carbonyl (C=O) groups is 2. The van der Waals surface area contributed by atoms with Gasteiger partial charge < -0.3 is 14.2 Å².